The summed E-state index contributed by atoms with van der Waals surface area (Å²) in [4.78, 5) is 13.5. The summed E-state index contributed by atoms with van der Waals surface area (Å²) in [6, 6.07) is 7.83. The minimum Gasteiger partial charge on any atom is -0.492 e. The summed E-state index contributed by atoms with van der Waals surface area (Å²) >= 11 is 0. The van der Waals surface area contributed by atoms with E-state index in [1.807, 2.05) is 0 Å². The average Bonchev–Trinajstić information content (AvgIpc) is 2.76. The summed E-state index contributed by atoms with van der Waals surface area (Å²) in [7, 11) is 0. The van der Waals surface area contributed by atoms with Crippen molar-refractivity contribution in [3.05, 3.63) is 29.8 Å². The zero-order chi connectivity index (χ0) is 13.2. The van der Waals surface area contributed by atoms with Crippen LogP contribution in [0.1, 0.15) is 29.6 Å². The van der Waals surface area contributed by atoms with Crippen molar-refractivity contribution in [3.63, 3.8) is 0 Å². The maximum atomic E-state index is 10.9. The SMILES string of the molecule is NC(=O)c1ccc(OCCN2CC3CCCC32)cc1. The van der Waals surface area contributed by atoms with Crippen LogP contribution in [0.25, 0.3) is 0 Å². The average molecular weight is 260 g/mol. The first-order chi connectivity index (χ1) is 9.24. The third kappa shape index (κ3) is 2.59. The highest BCUT2D eigenvalue weighted by atomic mass is 16.5. The Morgan fingerprint density at radius 2 is 2.11 bits per heavy atom. The van der Waals surface area contributed by atoms with E-state index in [1.54, 1.807) is 24.3 Å². The first-order valence-electron chi connectivity index (χ1n) is 7.01. The van der Waals surface area contributed by atoms with Crippen molar-refractivity contribution in [1.29, 1.82) is 0 Å². The van der Waals surface area contributed by atoms with E-state index in [0.717, 1.165) is 24.3 Å². The van der Waals surface area contributed by atoms with Gasteiger partial charge in [-0.2, -0.15) is 0 Å². The zero-order valence-corrected chi connectivity index (χ0v) is 11.0. The lowest BCUT2D eigenvalue weighted by molar-refractivity contribution is 0.0268. The number of nitrogens with zero attached hydrogens (tertiary/aromatic N) is 1. The summed E-state index contributed by atoms with van der Waals surface area (Å²) in [5.74, 6) is 1.35. The van der Waals surface area contributed by atoms with Gasteiger partial charge in [0, 0.05) is 24.7 Å². The van der Waals surface area contributed by atoms with Gasteiger partial charge >= 0.3 is 0 Å². The summed E-state index contributed by atoms with van der Waals surface area (Å²) in [6.07, 6.45) is 4.16. The van der Waals surface area contributed by atoms with Crippen molar-refractivity contribution in [2.75, 3.05) is 19.7 Å². The second kappa shape index (κ2) is 5.21. The number of fused-ring (bicyclic) bond motifs is 1. The Hall–Kier alpha value is -1.55. The van der Waals surface area contributed by atoms with E-state index in [2.05, 4.69) is 4.90 Å². The van der Waals surface area contributed by atoms with Gasteiger partial charge in [-0.3, -0.25) is 9.69 Å². The topological polar surface area (TPSA) is 55.6 Å². The normalized spacial score (nSPS) is 25.7. The van der Waals surface area contributed by atoms with E-state index in [0.29, 0.717) is 12.2 Å². The number of nitrogens with two attached hydrogens (primary N) is 1. The maximum Gasteiger partial charge on any atom is 0.248 e. The molecule has 0 bridgehead atoms. The van der Waals surface area contributed by atoms with Crippen LogP contribution in [-0.4, -0.2) is 36.5 Å². The van der Waals surface area contributed by atoms with Crippen molar-refractivity contribution in [1.82, 2.24) is 4.90 Å². The molecule has 2 fully saturated rings. The molecule has 1 aromatic carbocycles. The number of ether oxygens (including phenoxy) is 1. The van der Waals surface area contributed by atoms with Gasteiger partial charge in [-0.05, 0) is 43.0 Å². The molecule has 0 radical (unpaired) electrons. The molecule has 1 saturated heterocycles. The molecule has 1 saturated carbocycles. The Balaban J connectivity index is 1.43. The van der Waals surface area contributed by atoms with Crippen LogP contribution >= 0.6 is 0 Å². The molecule has 2 atom stereocenters. The number of amides is 1. The van der Waals surface area contributed by atoms with Gasteiger partial charge in [0.1, 0.15) is 12.4 Å². The van der Waals surface area contributed by atoms with Crippen LogP contribution in [0.5, 0.6) is 5.75 Å². The van der Waals surface area contributed by atoms with Gasteiger partial charge in [0.2, 0.25) is 5.91 Å². The van der Waals surface area contributed by atoms with Gasteiger partial charge < -0.3 is 10.5 Å². The first kappa shape index (κ1) is 12.5. The second-order valence-electron chi connectivity index (χ2n) is 5.49. The smallest absolute Gasteiger partial charge is 0.248 e. The molecule has 1 aliphatic carbocycles. The predicted molar refractivity (Wildman–Crippen MR) is 73.2 cm³/mol. The highest BCUT2D eigenvalue weighted by molar-refractivity contribution is 5.92. The van der Waals surface area contributed by atoms with Crippen LogP contribution in [-0.2, 0) is 0 Å². The molecule has 2 N–H and O–H groups in total. The molecule has 4 nitrogen and oxygen atoms in total. The number of hydrogen-bond acceptors (Lipinski definition) is 3. The molecule has 102 valence electrons. The van der Waals surface area contributed by atoms with Gasteiger partial charge in [0.05, 0.1) is 0 Å². The van der Waals surface area contributed by atoms with E-state index in [-0.39, 0.29) is 0 Å². The Kier molecular flexibility index (Phi) is 3.42. The monoisotopic (exact) mass is 260 g/mol. The molecule has 2 unspecified atom stereocenters. The van der Waals surface area contributed by atoms with E-state index >= 15 is 0 Å². The highest BCUT2D eigenvalue weighted by Crippen LogP contribution is 2.38. The van der Waals surface area contributed by atoms with Crippen LogP contribution < -0.4 is 10.5 Å². The van der Waals surface area contributed by atoms with E-state index in [1.165, 1.54) is 25.8 Å². The second-order valence-corrected chi connectivity index (χ2v) is 5.49. The lowest BCUT2D eigenvalue weighted by atomic mass is 9.92. The Bertz CT molecular complexity index is 458. The van der Waals surface area contributed by atoms with Gasteiger partial charge in [0.15, 0.2) is 0 Å². The number of hydrogen-bond donors (Lipinski definition) is 1. The van der Waals surface area contributed by atoms with Crippen molar-refractivity contribution < 1.29 is 9.53 Å². The van der Waals surface area contributed by atoms with Crippen LogP contribution in [0.2, 0.25) is 0 Å². The largest absolute Gasteiger partial charge is 0.492 e. The van der Waals surface area contributed by atoms with Crippen LogP contribution in [0.4, 0.5) is 0 Å². The number of primary amides is 1. The summed E-state index contributed by atoms with van der Waals surface area (Å²) < 4.78 is 5.70. The molecule has 1 aromatic rings. The number of carbonyl (C=O) groups is 1. The van der Waals surface area contributed by atoms with E-state index < -0.39 is 5.91 Å². The minimum absolute atomic E-state index is 0.403. The van der Waals surface area contributed by atoms with Crippen molar-refractivity contribution in [2.45, 2.75) is 25.3 Å². The summed E-state index contributed by atoms with van der Waals surface area (Å²) in [5.41, 5.74) is 5.71. The molecule has 19 heavy (non-hydrogen) atoms. The fourth-order valence-electron chi connectivity index (χ4n) is 3.26. The number of likely N-dealkylation sites (tertiary alicyclic amines) is 1. The van der Waals surface area contributed by atoms with Gasteiger partial charge in [-0.15, -0.1) is 0 Å². The first-order valence-corrected chi connectivity index (χ1v) is 7.01. The quantitative estimate of drug-likeness (QED) is 0.875. The number of carbonyl (C=O) groups excluding carboxylic acids is 1. The maximum absolute atomic E-state index is 10.9. The Morgan fingerprint density at radius 1 is 1.32 bits per heavy atom. The highest BCUT2D eigenvalue weighted by Gasteiger charge is 2.41. The lowest BCUT2D eigenvalue weighted by Gasteiger charge is -2.44. The fourth-order valence-corrected chi connectivity index (χ4v) is 3.26. The van der Waals surface area contributed by atoms with Crippen molar-refractivity contribution in [3.8, 4) is 5.75 Å². The molecular formula is C15H20N2O2. The molecule has 1 aliphatic heterocycles. The molecule has 0 aromatic heterocycles. The van der Waals surface area contributed by atoms with Crippen LogP contribution in [0, 0.1) is 5.92 Å². The van der Waals surface area contributed by atoms with Gasteiger partial charge in [-0.25, -0.2) is 0 Å². The number of benzene rings is 1. The van der Waals surface area contributed by atoms with E-state index in [4.69, 9.17) is 10.5 Å². The summed E-state index contributed by atoms with van der Waals surface area (Å²) in [6.45, 7) is 2.95. The van der Waals surface area contributed by atoms with Gasteiger partial charge in [0.25, 0.3) is 0 Å². The summed E-state index contributed by atoms with van der Waals surface area (Å²) in [5, 5.41) is 0. The lowest BCUT2D eigenvalue weighted by Crippen LogP contribution is -2.54. The molecule has 0 spiro atoms. The fraction of sp³-hybridized carbons (Fsp3) is 0.533. The molecular weight excluding hydrogens is 240 g/mol. The van der Waals surface area contributed by atoms with Gasteiger partial charge in [-0.1, -0.05) is 6.42 Å². The molecule has 1 amide bonds. The Labute approximate surface area is 113 Å². The zero-order valence-electron chi connectivity index (χ0n) is 11.0. The van der Waals surface area contributed by atoms with Crippen molar-refractivity contribution in [2.24, 2.45) is 11.7 Å². The minimum atomic E-state index is -0.403. The third-order valence-electron chi connectivity index (χ3n) is 4.34. The van der Waals surface area contributed by atoms with Crippen molar-refractivity contribution >= 4 is 5.91 Å². The Morgan fingerprint density at radius 3 is 2.79 bits per heavy atom. The molecule has 1 heterocycles. The van der Waals surface area contributed by atoms with Crippen LogP contribution in [0.3, 0.4) is 0 Å². The molecule has 4 heteroatoms. The van der Waals surface area contributed by atoms with E-state index in [9.17, 15) is 4.79 Å². The standard InChI is InChI=1S/C15H20N2O2/c16-15(18)11-4-6-13(7-5-11)19-9-8-17-10-12-2-1-3-14(12)17/h4-7,12,14H,1-3,8-10H2,(H2,16,18). The third-order valence-corrected chi connectivity index (χ3v) is 4.34. The van der Waals surface area contributed by atoms with Crippen LogP contribution in [0.15, 0.2) is 24.3 Å². The predicted octanol–water partition coefficient (Wildman–Crippen LogP) is 1.65. The number of rotatable bonds is 5. The molecule has 3 rings (SSSR count). The molecule has 2 aliphatic rings.